The van der Waals surface area contributed by atoms with E-state index in [4.69, 9.17) is 4.74 Å². The van der Waals surface area contributed by atoms with Gasteiger partial charge in [-0.2, -0.15) is 0 Å². The van der Waals surface area contributed by atoms with E-state index in [9.17, 15) is 18.3 Å². The molecule has 1 aromatic rings. The summed E-state index contributed by atoms with van der Waals surface area (Å²) >= 11 is 1.11. The van der Waals surface area contributed by atoms with Crippen molar-refractivity contribution in [3.05, 3.63) is 17.5 Å². The molecule has 0 spiro atoms. The van der Waals surface area contributed by atoms with E-state index in [2.05, 4.69) is 4.72 Å². The predicted molar refractivity (Wildman–Crippen MR) is 79.9 cm³/mol. The second-order valence-electron chi connectivity index (χ2n) is 5.76. The van der Waals surface area contributed by atoms with Crippen molar-refractivity contribution in [2.75, 3.05) is 39.5 Å². The van der Waals surface area contributed by atoms with Crippen LogP contribution in [0.2, 0.25) is 0 Å². The lowest BCUT2D eigenvalue weighted by atomic mass is 9.82. The van der Waals surface area contributed by atoms with Crippen LogP contribution in [-0.4, -0.2) is 63.8 Å². The van der Waals surface area contributed by atoms with Crippen LogP contribution in [0.3, 0.4) is 0 Å². The summed E-state index contributed by atoms with van der Waals surface area (Å²) in [7, 11) is -3.63. The van der Waals surface area contributed by atoms with Crippen molar-refractivity contribution in [3.63, 3.8) is 0 Å². The molecule has 2 atom stereocenters. The Labute approximate surface area is 132 Å². The summed E-state index contributed by atoms with van der Waals surface area (Å²) in [6.45, 7) is 1.59. The van der Waals surface area contributed by atoms with Crippen molar-refractivity contribution in [2.24, 2.45) is 11.3 Å². The van der Waals surface area contributed by atoms with Crippen LogP contribution >= 0.6 is 11.3 Å². The molecule has 0 unspecified atom stereocenters. The number of hydrogen-bond donors (Lipinski definition) is 2. The lowest BCUT2D eigenvalue weighted by molar-refractivity contribution is -0.129. The molecule has 2 aliphatic rings. The topological polar surface area (TPSA) is 95.9 Å². The number of nitrogens with zero attached hydrogens (tertiary/aromatic N) is 1. The highest BCUT2D eigenvalue weighted by atomic mass is 32.2. The van der Waals surface area contributed by atoms with E-state index in [1.165, 1.54) is 6.07 Å². The lowest BCUT2D eigenvalue weighted by Gasteiger charge is -2.24. The number of amides is 1. The molecule has 3 rings (SSSR count). The number of aliphatic hydroxyl groups excluding tert-OH is 1. The van der Waals surface area contributed by atoms with E-state index in [1.807, 2.05) is 0 Å². The summed E-state index contributed by atoms with van der Waals surface area (Å²) in [4.78, 5) is 13.8. The lowest BCUT2D eigenvalue weighted by Crippen LogP contribution is -2.41. The monoisotopic (exact) mass is 346 g/mol. The molecule has 0 bridgehead atoms. The van der Waals surface area contributed by atoms with Gasteiger partial charge in [-0.05, 0) is 11.4 Å². The molecular weight excluding hydrogens is 328 g/mol. The van der Waals surface area contributed by atoms with E-state index in [0.717, 1.165) is 11.3 Å². The number of ether oxygens (including phenoxy) is 1. The maximum absolute atomic E-state index is 12.2. The SMILES string of the molecule is O=C(CNS(=O)(=O)c1cccs1)N1C[C@H]2COC[C@@]2(CO)C1. The molecule has 0 aliphatic carbocycles. The summed E-state index contributed by atoms with van der Waals surface area (Å²) < 4.78 is 31.9. The van der Waals surface area contributed by atoms with E-state index in [1.54, 1.807) is 16.3 Å². The molecule has 9 heteroatoms. The molecule has 1 amide bonds. The molecule has 0 saturated carbocycles. The van der Waals surface area contributed by atoms with E-state index in [-0.39, 0.29) is 34.6 Å². The molecule has 2 N–H and O–H groups in total. The van der Waals surface area contributed by atoms with Gasteiger partial charge < -0.3 is 14.7 Å². The fraction of sp³-hybridized carbons (Fsp3) is 0.615. The number of carbonyl (C=O) groups is 1. The third-order valence-electron chi connectivity index (χ3n) is 4.36. The van der Waals surface area contributed by atoms with Crippen LogP contribution in [0.15, 0.2) is 21.7 Å². The Morgan fingerprint density at radius 2 is 2.41 bits per heavy atom. The largest absolute Gasteiger partial charge is 0.396 e. The quantitative estimate of drug-likeness (QED) is 0.749. The average Bonchev–Trinajstić information content (AvgIpc) is 3.19. The van der Waals surface area contributed by atoms with Crippen molar-refractivity contribution >= 4 is 27.3 Å². The van der Waals surface area contributed by atoms with Crippen LogP contribution in [0.25, 0.3) is 0 Å². The van der Waals surface area contributed by atoms with Crippen molar-refractivity contribution in [1.29, 1.82) is 0 Å². The minimum atomic E-state index is -3.63. The maximum atomic E-state index is 12.2. The first-order valence-corrected chi connectivity index (χ1v) is 9.33. The van der Waals surface area contributed by atoms with Crippen LogP contribution in [0.5, 0.6) is 0 Å². The summed E-state index contributed by atoms with van der Waals surface area (Å²) in [6.07, 6.45) is 0. The Morgan fingerprint density at radius 3 is 3.05 bits per heavy atom. The molecule has 2 aliphatic heterocycles. The van der Waals surface area contributed by atoms with Gasteiger partial charge in [-0.1, -0.05) is 6.07 Å². The van der Waals surface area contributed by atoms with Gasteiger partial charge in [0.2, 0.25) is 5.91 Å². The smallest absolute Gasteiger partial charge is 0.250 e. The van der Waals surface area contributed by atoms with Gasteiger partial charge in [0, 0.05) is 24.4 Å². The number of carbonyl (C=O) groups excluding carboxylic acids is 1. The number of sulfonamides is 1. The molecule has 3 heterocycles. The molecule has 2 fully saturated rings. The van der Waals surface area contributed by atoms with Gasteiger partial charge in [-0.3, -0.25) is 4.79 Å². The zero-order chi connectivity index (χ0) is 15.8. The van der Waals surface area contributed by atoms with Gasteiger partial charge in [0.05, 0.1) is 26.4 Å². The normalized spacial score (nSPS) is 28.0. The first kappa shape index (κ1) is 15.9. The van der Waals surface area contributed by atoms with Crippen molar-refractivity contribution < 1.29 is 23.1 Å². The first-order chi connectivity index (χ1) is 10.5. The molecule has 0 aromatic carbocycles. The second-order valence-corrected chi connectivity index (χ2v) is 8.70. The van der Waals surface area contributed by atoms with Crippen molar-refractivity contribution in [1.82, 2.24) is 9.62 Å². The van der Waals surface area contributed by atoms with E-state index >= 15 is 0 Å². The Morgan fingerprint density at radius 1 is 1.59 bits per heavy atom. The molecule has 2 saturated heterocycles. The Bertz CT molecular complexity index is 645. The fourth-order valence-electron chi connectivity index (χ4n) is 3.00. The van der Waals surface area contributed by atoms with Crippen LogP contribution < -0.4 is 4.72 Å². The Hall–Kier alpha value is -1.00. The third-order valence-corrected chi connectivity index (χ3v) is 7.16. The second kappa shape index (κ2) is 5.89. The molecule has 0 radical (unpaired) electrons. The van der Waals surface area contributed by atoms with Gasteiger partial charge in [-0.15, -0.1) is 11.3 Å². The Kier molecular flexibility index (Phi) is 4.25. The molecule has 22 heavy (non-hydrogen) atoms. The Balaban J connectivity index is 1.60. The number of thiophene rings is 1. The van der Waals surface area contributed by atoms with Crippen molar-refractivity contribution in [3.8, 4) is 0 Å². The van der Waals surface area contributed by atoms with Gasteiger partial charge >= 0.3 is 0 Å². The molecule has 122 valence electrons. The fourth-order valence-corrected chi connectivity index (χ4v) is 5.01. The zero-order valence-electron chi connectivity index (χ0n) is 11.9. The summed E-state index contributed by atoms with van der Waals surface area (Å²) in [5, 5.41) is 11.3. The minimum Gasteiger partial charge on any atom is -0.396 e. The first-order valence-electron chi connectivity index (χ1n) is 6.96. The number of nitrogens with one attached hydrogen (secondary N) is 1. The highest BCUT2D eigenvalue weighted by molar-refractivity contribution is 7.91. The average molecular weight is 346 g/mol. The third kappa shape index (κ3) is 2.79. The zero-order valence-corrected chi connectivity index (χ0v) is 13.5. The van der Waals surface area contributed by atoms with Crippen LogP contribution in [0, 0.1) is 11.3 Å². The molecule has 1 aromatic heterocycles. The predicted octanol–water partition coefficient (Wildman–Crippen LogP) is -0.506. The summed E-state index contributed by atoms with van der Waals surface area (Å²) in [5.41, 5.74) is -0.387. The van der Waals surface area contributed by atoms with Crippen LogP contribution in [0.1, 0.15) is 0 Å². The van der Waals surface area contributed by atoms with E-state index in [0.29, 0.717) is 26.3 Å². The number of likely N-dealkylation sites (tertiary alicyclic amines) is 1. The molecule has 7 nitrogen and oxygen atoms in total. The summed E-state index contributed by atoms with van der Waals surface area (Å²) in [5.74, 6) is -0.155. The van der Waals surface area contributed by atoms with Gasteiger partial charge in [0.1, 0.15) is 4.21 Å². The van der Waals surface area contributed by atoms with Gasteiger partial charge in [-0.25, -0.2) is 13.1 Å². The molecular formula is C13H18N2O5S2. The van der Waals surface area contributed by atoms with Gasteiger partial charge in [0.15, 0.2) is 0 Å². The number of fused-ring (bicyclic) bond motifs is 1. The minimum absolute atomic E-state index is 0.0254. The van der Waals surface area contributed by atoms with Crippen molar-refractivity contribution in [2.45, 2.75) is 4.21 Å². The summed E-state index contributed by atoms with van der Waals surface area (Å²) in [6, 6.07) is 3.14. The van der Waals surface area contributed by atoms with Gasteiger partial charge in [0.25, 0.3) is 10.0 Å². The van der Waals surface area contributed by atoms with Crippen LogP contribution in [-0.2, 0) is 19.6 Å². The number of rotatable bonds is 5. The highest BCUT2D eigenvalue weighted by Gasteiger charge is 2.51. The number of hydrogen-bond acceptors (Lipinski definition) is 6. The highest BCUT2D eigenvalue weighted by Crippen LogP contribution is 2.40. The van der Waals surface area contributed by atoms with Crippen LogP contribution in [0.4, 0.5) is 0 Å². The number of aliphatic hydroxyl groups is 1. The maximum Gasteiger partial charge on any atom is 0.250 e. The standard InChI is InChI=1S/C13H18N2O5S2/c16-8-13-7-15(5-10(13)6-20-9-13)11(17)4-14-22(18,19)12-2-1-3-21-12/h1-3,10,14,16H,4-9H2/t10-,13-/m0/s1. The van der Waals surface area contributed by atoms with E-state index < -0.39 is 10.0 Å².